The van der Waals surface area contributed by atoms with Gasteiger partial charge in [-0.2, -0.15) is 0 Å². The van der Waals surface area contributed by atoms with Crippen molar-refractivity contribution in [2.45, 2.75) is 13.0 Å². The van der Waals surface area contributed by atoms with Crippen molar-refractivity contribution < 1.29 is 8.78 Å². The number of anilines is 1. The van der Waals surface area contributed by atoms with Crippen LogP contribution >= 0.6 is 39.1 Å². The lowest BCUT2D eigenvalue weighted by molar-refractivity contribution is 0.599. The van der Waals surface area contributed by atoms with Crippen LogP contribution in [-0.2, 0) is 0 Å². The van der Waals surface area contributed by atoms with E-state index in [0.29, 0.717) is 11.3 Å². The molecule has 0 saturated heterocycles. The molecule has 0 heterocycles. The fraction of sp³-hybridized carbons (Fsp3) is 0.143. The molecule has 0 aliphatic heterocycles. The minimum Gasteiger partial charge on any atom is -0.378 e. The number of hydrogen-bond donors (Lipinski definition) is 1. The number of nitrogens with one attached hydrogen (secondary N) is 1. The number of halogens is 5. The molecule has 0 bridgehead atoms. The average Bonchev–Trinajstić information content (AvgIpc) is 2.38. The second kappa shape index (κ2) is 6.29. The summed E-state index contributed by atoms with van der Waals surface area (Å²) < 4.78 is 27.9. The first-order chi connectivity index (χ1) is 9.38. The smallest absolute Gasteiger partial charge is 0.160 e. The lowest BCUT2D eigenvalue weighted by Crippen LogP contribution is -2.09. The first-order valence-electron chi connectivity index (χ1n) is 5.74. The molecule has 0 radical (unpaired) electrons. The Bertz CT molecular complexity index is 626. The molecular weight excluding hydrogens is 371 g/mol. The van der Waals surface area contributed by atoms with Crippen molar-refractivity contribution in [1.29, 1.82) is 0 Å². The molecule has 1 unspecified atom stereocenters. The maximum atomic E-state index is 13.8. The van der Waals surface area contributed by atoms with Crippen molar-refractivity contribution in [3.8, 4) is 0 Å². The van der Waals surface area contributed by atoms with Crippen molar-refractivity contribution in [3.05, 3.63) is 62.0 Å². The molecule has 0 aliphatic rings. The van der Waals surface area contributed by atoms with E-state index in [1.54, 1.807) is 19.1 Å². The summed E-state index contributed by atoms with van der Waals surface area (Å²) in [6, 6.07) is 7.17. The Hall–Kier alpha value is -0.840. The maximum absolute atomic E-state index is 13.8. The van der Waals surface area contributed by atoms with Gasteiger partial charge in [0.2, 0.25) is 0 Å². The Morgan fingerprint density at radius 2 is 1.70 bits per heavy atom. The van der Waals surface area contributed by atoms with Gasteiger partial charge in [0.05, 0.1) is 16.1 Å². The molecule has 1 nitrogen and oxygen atoms in total. The highest BCUT2D eigenvalue weighted by Crippen LogP contribution is 2.30. The zero-order valence-electron chi connectivity index (χ0n) is 10.4. The SMILES string of the molecule is CC(Nc1cc(Cl)c(F)c(Cl)c1)c1cc(Br)ccc1F. The lowest BCUT2D eigenvalue weighted by Gasteiger charge is -2.17. The monoisotopic (exact) mass is 379 g/mol. The number of hydrogen-bond acceptors (Lipinski definition) is 1. The van der Waals surface area contributed by atoms with Gasteiger partial charge >= 0.3 is 0 Å². The Morgan fingerprint density at radius 1 is 1.10 bits per heavy atom. The largest absolute Gasteiger partial charge is 0.378 e. The number of benzene rings is 2. The standard InChI is InChI=1S/C14H10BrCl2F2N/c1-7(10-4-8(15)2-3-13(10)18)20-9-5-11(16)14(19)12(17)6-9/h2-7,20H,1H3. The minimum absolute atomic E-state index is 0.0816. The molecule has 20 heavy (non-hydrogen) atoms. The summed E-state index contributed by atoms with van der Waals surface area (Å²) in [5, 5.41) is 2.88. The summed E-state index contributed by atoms with van der Waals surface area (Å²) in [5.41, 5.74) is 1.00. The third kappa shape index (κ3) is 3.43. The molecule has 6 heteroatoms. The van der Waals surface area contributed by atoms with Gasteiger partial charge in [0.15, 0.2) is 5.82 Å². The summed E-state index contributed by atoms with van der Waals surface area (Å²) in [6.07, 6.45) is 0. The fourth-order valence-electron chi connectivity index (χ4n) is 1.81. The molecule has 0 amide bonds. The van der Waals surface area contributed by atoms with E-state index < -0.39 is 5.82 Å². The van der Waals surface area contributed by atoms with Crippen LogP contribution in [0.4, 0.5) is 14.5 Å². The Morgan fingerprint density at radius 3 is 2.30 bits per heavy atom. The molecule has 1 N–H and O–H groups in total. The van der Waals surface area contributed by atoms with Crippen LogP contribution in [0.3, 0.4) is 0 Å². The van der Waals surface area contributed by atoms with Gasteiger partial charge in [-0.05, 0) is 37.3 Å². The third-order valence-corrected chi connectivity index (χ3v) is 3.83. The van der Waals surface area contributed by atoms with Gasteiger partial charge in [-0.1, -0.05) is 39.1 Å². The summed E-state index contributed by atoms with van der Waals surface area (Å²) in [7, 11) is 0. The lowest BCUT2D eigenvalue weighted by atomic mass is 10.1. The summed E-state index contributed by atoms with van der Waals surface area (Å²) in [6.45, 7) is 1.79. The Labute approximate surface area is 134 Å². The van der Waals surface area contributed by atoms with Gasteiger partial charge in [0.25, 0.3) is 0 Å². The molecule has 0 aliphatic carbocycles. The highest BCUT2D eigenvalue weighted by molar-refractivity contribution is 9.10. The van der Waals surface area contributed by atoms with E-state index in [9.17, 15) is 8.78 Å². The first kappa shape index (κ1) is 15.5. The Kier molecular flexibility index (Phi) is 4.89. The first-order valence-corrected chi connectivity index (χ1v) is 7.29. The van der Waals surface area contributed by atoms with E-state index >= 15 is 0 Å². The van der Waals surface area contributed by atoms with Crippen LogP contribution in [0.25, 0.3) is 0 Å². The molecule has 0 aromatic heterocycles. The minimum atomic E-state index is -0.667. The molecular formula is C14H10BrCl2F2N. The van der Waals surface area contributed by atoms with Crippen LogP contribution in [0.1, 0.15) is 18.5 Å². The van der Waals surface area contributed by atoms with Crippen LogP contribution in [0.2, 0.25) is 10.0 Å². The van der Waals surface area contributed by atoms with Crippen molar-refractivity contribution >= 4 is 44.8 Å². The summed E-state index contributed by atoms with van der Waals surface area (Å²) >= 11 is 14.7. The summed E-state index contributed by atoms with van der Waals surface area (Å²) in [4.78, 5) is 0. The highest BCUT2D eigenvalue weighted by Gasteiger charge is 2.13. The second-order valence-electron chi connectivity index (χ2n) is 4.29. The normalized spacial score (nSPS) is 12.3. The van der Waals surface area contributed by atoms with E-state index in [1.165, 1.54) is 18.2 Å². The van der Waals surface area contributed by atoms with E-state index in [1.807, 2.05) is 0 Å². The van der Waals surface area contributed by atoms with Crippen LogP contribution in [0.15, 0.2) is 34.8 Å². The highest BCUT2D eigenvalue weighted by atomic mass is 79.9. The van der Waals surface area contributed by atoms with E-state index in [0.717, 1.165) is 4.47 Å². The predicted molar refractivity (Wildman–Crippen MR) is 82.6 cm³/mol. The van der Waals surface area contributed by atoms with Crippen LogP contribution < -0.4 is 5.32 Å². The van der Waals surface area contributed by atoms with Crippen molar-refractivity contribution in [2.24, 2.45) is 0 Å². The van der Waals surface area contributed by atoms with E-state index in [2.05, 4.69) is 21.2 Å². The zero-order valence-corrected chi connectivity index (χ0v) is 13.5. The topological polar surface area (TPSA) is 12.0 Å². The van der Waals surface area contributed by atoms with Crippen molar-refractivity contribution in [3.63, 3.8) is 0 Å². The van der Waals surface area contributed by atoms with E-state index in [4.69, 9.17) is 23.2 Å². The van der Waals surface area contributed by atoms with Crippen molar-refractivity contribution in [2.75, 3.05) is 5.32 Å². The Balaban J connectivity index is 2.27. The molecule has 0 spiro atoms. The molecule has 106 valence electrons. The molecule has 1 atom stereocenters. The van der Waals surface area contributed by atoms with Crippen LogP contribution in [0.5, 0.6) is 0 Å². The fourth-order valence-corrected chi connectivity index (χ4v) is 2.68. The van der Waals surface area contributed by atoms with Gasteiger partial charge < -0.3 is 5.32 Å². The van der Waals surface area contributed by atoms with Crippen LogP contribution in [-0.4, -0.2) is 0 Å². The third-order valence-electron chi connectivity index (χ3n) is 2.79. The molecule has 0 saturated carbocycles. The van der Waals surface area contributed by atoms with Gasteiger partial charge in [-0.15, -0.1) is 0 Å². The van der Waals surface area contributed by atoms with E-state index in [-0.39, 0.29) is 21.9 Å². The number of rotatable bonds is 3. The van der Waals surface area contributed by atoms with Crippen molar-refractivity contribution in [1.82, 2.24) is 0 Å². The predicted octanol–water partition coefficient (Wildman–Crippen LogP) is 6.21. The van der Waals surface area contributed by atoms with Gasteiger partial charge in [-0.25, -0.2) is 8.78 Å². The van der Waals surface area contributed by atoms with Crippen LogP contribution in [0, 0.1) is 11.6 Å². The van der Waals surface area contributed by atoms with Gasteiger partial charge in [0.1, 0.15) is 5.82 Å². The average molecular weight is 381 g/mol. The molecule has 0 fully saturated rings. The zero-order chi connectivity index (χ0) is 14.9. The maximum Gasteiger partial charge on any atom is 0.160 e. The molecule has 2 aromatic rings. The second-order valence-corrected chi connectivity index (χ2v) is 6.02. The quantitative estimate of drug-likeness (QED) is 0.624. The summed E-state index contributed by atoms with van der Waals surface area (Å²) in [5.74, 6) is -0.993. The van der Waals surface area contributed by atoms with Gasteiger partial charge in [0, 0.05) is 15.7 Å². The molecule has 2 rings (SSSR count). The molecule has 2 aromatic carbocycles. The van der Waals surface area contributed by atoms with Gasteiger partial charge in [-0.3, -0.25) is 0 Å².